The first-order chi connectivity index (χ1) is 12.8. The zero-order valence-electron chi connectivity index (χ0n) is 18.2. The van der Waals surface area contributed by atoms with Gasteiger partial charge in [-0.1, -0.05) is 84.5 Å². The van der Waals surface area contributed by atoms with Crippen LogP contribution in [0.3, 0.4) is 0 Å². The molecule has 0 N–H and O–H groups in total. The van der Waals surface area contributed by atoms with Gasteiger partial charge in [-0.15, -0.1) is 0 Å². The van der Waals surface area contributed by atoms with Gasteiger partial charge in [0, 0.05) is 0 Å². The van der Waals surface area contributed by atoms with E-state index in [0.29, 0.717) is 0 Å². The Hall–Kier alpha value is 0. The van der Waals surface area contributed by atoms with Crippen molar-refractivity contribution >= 4 is 0 Å². The predicted molar refractivity (Wildman–Crippen MR) is 115 cm³/mol. The molecule has 3 aliphatic carbocycles. The van der Waals surface area contributed by atoms with Gasteiger partial charge in [0.05, 0.1) is 0 Å². The van der Waals surface area contributed by atoms with Crippen molar-refractivity contribution in [1.82, 2.24) is 0 Å². The van der Waals surface area contributed by atoms with Gasteiger partial charge < -0.3 is 0 Å². The zero-order chi connectivity index (χ0) is 18.2. The van der Waals surface area contributed by atoms with E-state index in [4.69, 9.17) is 0 Å². The maximum atomic E-state index is 2.38. The first kappa shape index (κ1) is 20.7. The van der Waals surface area contributed by atoms with E-state index in [0.717, 1.165) is 35.5 Å². The van der Waals surface area contributed by atoms with Crippen molar-refractivity contribution in [3.63, 3.8) is 0 Å². The van der Waals surface area contributed by atoms with Crippen LogP contribution >= 0.6 is 0 Å². The van der Waals surface area contributed by atoms with E-state index >= 15 is 0 Å². The van der Waals surface area contributed by atoms with Crippen LogP contribution in [-0.4, -0.2) is 0 Å². The summed E-state index contributed by atoms with van der Waals surface area (Å²) in [5.41, 5.74) is 0. The fourth-order valence-corrected chi connectivity index (χ4v) is 7.11. The second-order valence-electron chi connectivity index (χ2n) is 10.5. The fraction of sp³-hybridized carbons (Fsp3) is 1.00. The first-order valence-corrected chi connectivity index (χ1v) is 12.8. The number of fused-ring (bicyclic) bond motifs is 1. The smallest absolute Gasteiger partial charge is 0.0383 e. The van der Waals surface area contributed by atoms with Crippen LogP contribution in [0.25, 0.3) is 0 Å². The summed E-state index contributed by atoms with van der Waals surface area (Å²) in [6.45, 7) is 4.70. The summed E-state index contributed by atoms with van der Waals surface area (Å²) in [5, 5.41) is 0. The minimum Gasteiger partial charge on any atom is -0.0654 e. The quantitative estimate of drug-likeness (QED) is 0.360. The van der Waals surface area contributed by atoms with E-state index < -0.39 is 0 Å². The molecule has 0 unspecified atom stereocenters. The van der Waals surface area contributed by atoms with Gasteiger partial charge in [-0.2, -0.15) is 0 Å². The van der Waals surface area contributed by atoms with Gasteiger partial charge in [0.25, 0.3) is 0 Å². The van der Waals surface area contributed by atoms with Crippen LogP contribution in [0.1, 0.15) is 129 Å². The lowest BCUT2D eigenvalue weighted by molar-refractivity contribution is 0.0578. The van der Waals surface area contributed by atoms with Gasteiger partial charge >= 0.3 is 0 Å². The topological polar surface area (TPSA) is 0 Å². The lowest BCUT2D eigenvalue weighted by atomic mass is 9.60. The molecule has 0 radical (unpaired) electrons. The van der Waals surface area contributed by atoms with E-state index in [2.05, 4.69) is 13.8 Å². The van der Waals surface area contributed by atoms with Crippen molar-refractivity contribution in [3.8, 4) is 0 Å². The predicted octanol–water partition coefficient (Wildman–Crippen LogP) is 8.79. The molecule has 0 bridgehead atoms. The third-order valence-corrected chi connectivity index (χ3v) is 8.73. The molecular weight excluding hydrogens is 312 g/mol. The van der Waals surface area contributed by atoms with Crippen LogP contribution < -0.4 is 0 Å². The molecule has 0 aromatic carbocycles. The lowest BCUT2D eigenvalue weighted by Gasteiger charge is -2.45. The third-order valence-electron chi connectivity index (χ3n) is 8.73. The normalized spacial score (nSPS) is 38.1. The Kier molecular flexibility index (Phi) is 8.86. The van der Waals surface area contributed by atoms with Crippen LogP contribution in [0.2, 0.25) is 0 Å². The van der Waals surface area contributed by atoms with Gasteiger partial charge in [0.15, 0.2) is 0 Å². The molecule has 0 amide bonds. The zero-order valence-corrected chi connectivity index (χ0v) is 18.2. The molecule has 0 spiro atoms. The van der Waals surface area contributed by atoms with Crippen LogP contribution in [0, 0.1) is 35.5 Å². The fourth-order valence-electron chi connectivity index (χ4n) is 7.11. The Morgan fingerprint density at radius 2 is 1.04 bits per heavy atom. The van der Waals surface area contributed by atoms with E-state index in [1.54, 1.807) is 70.6 Å². The highest BCUT2D eigenvalue weighted by atomic mass is 14.4. The molecule has 3 aliphatic rings. The number of hydrogen-bond acceptors (Lipinski definition) is 0. The Balaban J connectivity index is 1.33. The van der Waals surface area contributed by atoms with Crippen LogP contribution in [0.4, 0.5) is 0 Å². The van der Waals surface area contributed by atoms with Crippen LogP contribution in [-0.2, 0) is 0 Å². The van der Waals surface area contributed by atoms with E-state index in [1.807, 2.05) is 0 Å². The maximum Gasteiger partial charge on any atom is -0.0383 e. The van der Waals surface area contributed by atoms with Crippen molar-refractivity contribution in [1.29, 1.82) is 0 Å². The molecule has 0 heterocycles. The van der Waals surface area contributed by atoms with Crippen LogP contribution in [0.15, 0.2) is 0 Å². The Morgan fingerprint density at radius 1 is 0.462 bits per heavy atom. The largest absolute Gasteiger partial charge is 0.0654 e. The van der Waals surface area contributed by atoms with Gasteiger partial charge in [-0.3, -0.25) is 0 Å². The molecule has 0 heteroatoms. The number of rotatable bonds is 9. The van der Waals surface area contributed by atoms with Gasteiger partial charge in [0.1, 0.15) is 0 Å². The van der Waals surface area contributed by atoms with Crippen molar-refractivity contribution in [2.45, 2.75) is 129 Å². The van der Waals surface area contributed by atoms with Gasteiger partial charge in [-0.25, -0.2) is 0 Å². The molecule has 0 aliphatic heterocycles. The van der Waals surface area contributed by atoms with E-state index in [1.165, 1.54) is 44.9 Å². The standard InChI is InChI=1S/C26H48/c1-3-5-6-7-8-10-21-11-14-23(15-12-21)25-18-17-24-19-22(9-4-2)13-16-26(24)20-25/h21-26H,3-20H2,1-2H3/t21?,22-,23?,24-,25+,26+/m0/s1. The molecule has 26 heavy (non-hydrogen) atoms. The summed E-state index contributed by atoms with van der Waals surface area (Å²) >= 11 is 0. The second-order valence-corrected chi connectivity index (χ2v) is 10.5. The summed E-state index contributed by atoms with van der Waals surface area (Å²) in [6, 6.07) is 0. The molecule has 3 saturated carbocycles. The van der Waals surface area contributed by atoms with Crippen molar-refractivity contribution < 1.29 is 0 Å². The summed E-state index contributed by atoms with van der Waals surface area (Å²) in [7, 11) is 0. The minimum atomic E-state index is 1.09. The minimum absolute atomic E-state index is 1.09. The van der Waals surface area contributed by atoms with Crippen LogP contribution in [0.5, 0.6) is 0 Å². The third kappa shape index (κ3) is 6.00. The maximum absolute atomic E-state index is 2.38. The molecule has 0 aromatic rings. The summed E-state index contributed by atoms with van der Waals surface area (Å²) < 4.78 is 0. The average Bonchev–Trinajstić information content (AvgIpc) is 2.68. The molecule has 0 saturated heterocycles. The van der Waals surface area contributed by atoms with E-state index in [9.17, 15) is 0 Å². The SMILES string of the molecule is CCCCCCCC1CCC([C@@H]2CC[C@H]3C[C@@H](CCC)CC[C@@H]3C2)CC1. The summed E-state index contributed by atoms with van der Waals surface area (Å²) in [4.78, 5) is 0. The molecule has 3 fully saturated rings. The lowest BCUT2D eigenvalue weighted by Crippen LogP contribution is -2.34. The van der Waals surface area contributed by atoms with Gasteiger partial charge in [0.2, 0.25) is 0 Å². The van der Waals surface area contributed by atoms with Crippen molar-refractivity contribution in [2.75, 3.05) is 0 Å². The Morgan fingerprint density at radius 3 is 1.77 bits per heavy atom. The Labute approximate surface area is 165 Å². The summed E-state index contributed by atoms with van der Waals surface area (Å²) in [6.07, 6.45) is 27.6. The molecule has 3 rings (SSSR count). The van der Waals surface area contributed by atoms with E-state index in [-0.39, 0.29) is 0 Å². The highest BCUT2D eigenvalue weighted by Crippen LogP contribution is 2.49. The first-order valence-electron chi connectivity index (χ1n) is 12.8. The molecular formula is C26H48. The highest BCUT2D eigenvalue weighted by molar-refractivity contribution is 4.89. The Bertz CT molecular complexity index is 364. The number of unbranched alkanes of at least 4 members (excludes halogenated alkanes) is 4. The average molecular weight is 361 g/mol. The van der Waals surface area contributed by atoms with Gasteiger partial charge in [-0.05, 0) is 80.5 Å². The molecule has 4 atom stereocenters. The molecule has 0 nitrogen and oxygen atoms in total. The highest BCUT2D eigenvalue weighted by Gasteiger charge is 2.38. The summed E-state index contributed by atoms with van der Waals surface area (Å²) in [5.74, 6) is 6.65. The molecule has 0 aromatic heterocycles. The monoisotopic (exact) mass is 360 g/mol. The van der Waals surface area contributed by atoms with Crippen molar-refractivity contribution in [3.05, 3.63) is 0 Å². The molecule has 152 valence electrons. The van der Waals surface area contributed by atoms with Crippen molar-refractivity contribution in [2.24, 2.45) is 35.5 Å². The number of hydrogen-bond donors (Lipinski definition) is 0. The second kappa shape index (κ2) is 11.1.